The van der Waals surface area contributed by atoms with Crippen LogP contribution in [0.3, 0.4) is 0 Å². The third-order valence-corrected chi connectivity index (χ3v) is 2.34. The topological polar surface area (TPSA) is 26.3 Å². The van der Waals surface area contributed by atoms with E-state index in [4.69, 9.17) is 0 Å². The molecule has 0 aliphatic heterocycles. The molecule has 0 heterocycles. The molecule has 0 fully saturated rings. The number of hydrogen-bond donors (Lipinski definition) is 0. The molecule has 0 aliphatic rings. The molecule has 1 rings (SSSR count). The number of carbonyl (C=O) groups is 1. The molecule has 0 N–H and O–H groups in total. The molecule has 0 saturated heterocycles. The zero-order valence-corrected chi connectivity index (χ0v) is 10.2. The molecule has 0 saturated carbocycles. The minimum atomic E-state index is -4.88. The minimum Gasteiger partial charge on any atom is -0.466 e. The lowest BCUT2D eigenvalue weighted by Crippen LogP contribution is -2.12. The lowest BCUT2D eigenvalue weighted by Gasteiger charge is -2.14. The lowest BCUT2D eigenvalue weighted by atomic mass is 10.0. The molecular weight excluding hydrogens is 290 g/mol. The fraction of sp³-hybridized carbons (Fsp3) is 0.417. The van der Waals surface area contributed by atoms with Gasteiger partial charge in [-0.05, 0) is 23.8 Å². The first-order chi connectivity index (χ1) is 9.00. The van der Waals surface area contributed by atoms with Crippen molar-refractivity contribution in [2.24, 2.45) is 0 Å². The fourth-order valence-corrected chi connectivity index (χ4v) is 1.48. The van der Waals surface area contributed by atoms with Gasteiger partial charge in [0.1, 0.15) is 0 Å². The Morgan fingerprint density at radius 2 is 1.45 bits per heavy atom. The Labute approximate surface area is 110 Å². The standard InChI is InChI=1S/C12H10F6O2/c1-7(19)20-3-2-8-4-9(11(13,14)15)6-10(5-8)12(16,17)18/h4-6H,2-3H2,1H3. The molecule has 2 nitrogen and oxygen atoms in total. The van der Waals surface area contributed by atoms with Crippen LogP contribution in [0.1, 0.15) is 23.6 Å². The van der Waals surface area contributed by atoms with Crippen LogP contribution < -0.4 is 0 Å². The molecule has 0 amide bonds. The van der Waals surface area contributed by atoms with E-state index in [2.05, 4.69) is 4.74 Å². The van der Waals surface area contributed by atoms with Gasteiger partial charge in [-0.3, -0.25) is 4.79 Å². The average molecular weight is 300 g/mol. The largest absolute Gasteiger partial charge is 0.466 e. The van der Waals surface area contributed by atoms with Crippen molar-refractivity contribution in [2.75, 3.05) is 6.61 Å². The number of halogens is 6. The molecule has 8 heteroatoms. The van der Waals surface area contributed by atoms with E-state index < -0.39 is 29.4 Å². The molecule has 0 unspecified atom stereocenters. The Hall–Kier alpha value is -1.73. The van der Waals surface area contributed by atoms with E-state index in [1.807, 2.05) is 0 Å². The van der Waals surface area contributed by atoms with Gasteiger partial charge in [0.15, 0.2) is 0 Å². The SMILES string of the molecule is CC(=O)OCCc1cc(C(F)(F)F)cc(C(F)(F)F)c1. The van der Waals surface area contributed by atoms with E-state index in [0.717, 1.165) is 6.92 Å². The van der Waals surface area contributed by atoms with E-state index in [1.54, 1.807) is 0 Å². The first-order valence-corrected chi connectivity index (χ1v) is 5.42. The lowest BCUT2D eigenvalue weighted by molar-refractivity contribution is -0.144. The van der Waals surface area contributed by atoms with Gasteiger partial charge in [0, 0.05) is 13.3 Å². The van der Waals surface area contributed by atoms with Crippen LogP contribution in [0.5, 0.6) is 0 Å². The highest BCUT2D eigenvalue weighted by Gasteiger charge is 2.36. The molecule has 112 valence electrons. The summed E-state index contributed by atoms with van der Waals surface area (Å²) in [5.74, 6) is -0.659. The maximum atomic E-state index is 12.5. The van der Waals surface area contributed by atoms with Crippen molar-refractivity contribution in [1.82, 2.24) is 0 Å². The summed E-state index contributed by atoms with van der Waals surface area (Å²) in [6, 6.07) is 1.27. The normalized spacial score (nSPS) is 12.3. The predicted octanol–water partition coefficient (Wildman–Crippen LogP) is 3.83. The second-order valence-corrected chi connectivity index (χ2v) is 4.00. The van der Waals surface area contributed by atoms with Crippen LogP contribution in [0.4, 0.5) is 26.3 Å². The van der Waals surface area contributed by atoms with Gasteiger partial charge in [-0.1, -0.05) is 0 Å². The van der Waals surface area contributed by atoms with Crippen LogP contribution in [0, 0.1) is 0 Å². The molecule has 0 spiro atoms. The Morgan fingerprint density at radius 1 is 1.00 bits per heavy atom. The average Bonchev–Trinajstić information content (AvgIpc) is 2.25. The maximum Gasteiger partial charge on any atom is 0.416 e. The van der Waals surface area contributed by atoms with Crippen molar-refractivity contribution in [3.05, 3.63) is 34.9 Å². The van der Waals surface area contributed by atoms with Crippen molar-refractivity contribution >= 4 is 5.97 Å². The summed E-state index contributed by atoms with van der Waals surface area (Å²) >= 11 is 0. The molecule has 0 bridgehead atoms. The van der Waals surface area contributed by atoms with Gasteiger partial charge < -0.3 is 4.74 Å². The van der Waals surface area contributed by atoms with Gasteiger partial charge in [-0.25, -0.2) is 0 Å². The summed E-state index contributed by atoms with van der Waals surface area (Å²) in [5, 5.41) is 0. The van der Waals surface area contributed by atoms with E-state index >= 15 is 0 Å². The van der Waals surface area contributed by atoms with Gasteiger partial charge >= 0.3 is 18.3 Å². The van der Waals surface area contributed by atoms with Crippen LogP contribution in [0.25, 0.3) is 0 Å². The second kappa shape index (κ2) is 5.72. The van der Waals surface area contributed by atoms with Gasteiger partial charge in [0.25, 0.3) is 0 Å². The van der Waals surface area contributed by atoms with E-state index in [9.17, 15) is 31.1 Å². The first kappa shape index (κ1) is 16.3. The minimum absolute atomic E-state index is 0.0509. The second-order valence-electron chi connectivity index (χ2n) is 4.00. The third-order valence-electron chi connectivity index (χ3n) is 2.34. The zero-order valence-electron chi connectivity index (χ0n) is 10.2. The Kier molecular flexibility index (Phi) is 4.67. The van der Waals surface area contributed by atoms with Crippen molar-refractivity contribution in [2.45, 2.75) is 25.7 Å². The van der Waals surface area contributed by atoms with Gasteiger partial charge in [-0.15, -0.1) is 0 Å². The third kappa shape index (κ3) is 4.75. The molecule has 0 atom stereocenters. The van der Waals surface area contributed by atoms with E-state index in [1.165, 1.54) is 0 Å². The molecule has 1 aromatic rings. The van der Waals surface area contributed by atoms with E-state index in [-0.39, 0.29) is 24.7 Å². The summed E-state index contributed by atoms with van der Waals surface area (Å²) in [7, 11) is 0. The number of rotatable bonds is 3. The van der Waals surface area contributed by atoms with Gasteiger partial charge in [0.05, 0.1) is 17.7 Å². The summed E-state index contributed by atoms with van der Waals surface area (Å²) in [5.41, 5.74) is -2.97. The van der Waals surface area contributed by atoms with Crippen LogP contribution in [-0.4, -0.2) is 12.6 Å². The van der Waals surface area contributed by atoms with Crippen LogP contribution in [-0.2, 0) is 28.3 Å². The molecule has 0 aromatic heterocycles. The van der Waals surface area contributed by atoms with Crippen LogP contribution in [0.15, 0.2) is 18.2 Å². The van der Waals surface area contributed by atoms with Crippen molar-refractivity contribution in [3.63, 3.8) is 0 Å². The zero-order chi connectivity index (χ0) is 15.6. The smallest absolute Gasteiger partial charge is 0.416 e. The Balaban J connectivity index is 3.08. The van der Waals surface area contributed by atoms with Gasteiger partial charge in [-0.2, -0.15) is 26.3 Å². The monoisotopic (exact) mass is 300 g/mol. The number of benzene rings is 1. The maximum absolute atomic E-state index is 12.5. The molecule has 0 radical (unpaired) electrons. The number of carbonyl (C=O) groups excluding carboxylic acids is 1. The summed E-state index contributed by atoms with van der Waals surface area (Å²) < 4.78 is 79.7. The predicted molar refractivity (Wildman–Crippen MR) is 56.8 cm³/mol. The molecule has 20 heavy (non-hydrogen) atoms. The van der Waals surface area contributed by atoms with Crippen LogP contribution >= 0.6 is 0 Å². The van der Waals surface area contributed by atoms with Gasteiger partial charge in [0.2, 0.25) is 0 Å². The van der Waals surface area contributed by atoms with E-state index in [0.29, 0.717) is 12.1 Å². The van der Waals surface area contributed by atoms with Crippen molar-refractivity contribution < 1.29 is 35.9 Å². The number of alkyl halides is 6. The fourth-order valence-electron chi connectivity index (χ4n) is 1.48. The molecular formula is C12H10F6O2. The molecule has 0 aliphatic carbocycles. The summed E-state index contributed by atoms with van der Waals surface area (Å²) in [6.45, 7) is 0.807. The van der Waals surface area contributed by atoms with Crippen LogP contribution in [0.2, 0.25) is 0 Å². The summed E-state index contributed by atoms with van der Waals surface area (Å²) in [6.07, 6.45) is -9.98. The Morgan fingerprint density at radius 3 is 1.80 bits per heavy atom. The highest BCUT2D eigenvalue weighted by molar-refractivity contribution is 5.65. The highest BCUT2D eigenvalue weighted by Crippen LogP contribution is 2.36. The Bertz CT molecular complexity index is 457. The number of hydrogen-bond acceptors (Lipinski definition) is 2. The number of esters is 1. The first-order valence-electron chi connectivity index (χ1n) is 5.42. The quantitative estimate of drug-likeness (QED) is 0.626. The molecule has 1 aromatic carbocycles. The van der Waals surface area contributed by atoms with Crippen molar-refractivity contribution in [3.8, 4) is 0 Å². The van der Waals surface area contributed by atoms with Crippen molar-refractivity contribution in [1.29, 1.82) is 0 Å². The number of ether oxygens (including phenoxy) is 1. The highest BCUT2D eigenvalue weighted by atomic mass is 19.4. The summed E-state index contributed by atoms with van der Waals surface area (Å²) in [4.78, 5) is 10.5.